The summed E-state index contributed by atoms with van der Waals surface area (Å²) in [5.41, 5.74) is 5.83. The zero-order valence-electron chi connectivity index (χ0n) is 6.87. The molecule has 1 aromatic rings. The highest BCUT2D eigenvalue weighted by Gasteiger charge is 2.11. The summed E-state index contributed by atoms with van der Waals surface area (Å²) < 4.78 is 0. The first-order valence-corrected chi connectivity index (χ1v) is 4.42. The standard InChI is InChI=1S/C9H13NS/c1-9(2,10)11-8-6-4-3-5-7-8/h3-7H,10H2,1-2H3. The maximum absolute atomic E-state index is 5.83. The second-order valence-corrected chi connectivity index (χ2v) is 4.75. The molecular weight excluding hydrogens is 154 g/mol. The molecular formula is C9H13NS. The average molecular weight is 167 g/mol. The Morgan fingerprint density at radius 3 is 2.18 bits per heavy atom. The molecule has 0 radical (unpaired) electrons. The molecule has 0 heterocycles. The summed E-state index contributed by atoms with van der Waals surface area (Å²) in [5.74, 6) is 0. The normalized spacial score (nSPS) is 11.5. The van der Waals surface area contributed by atoms with Crippen molar-refractivity contribution in [3.8, 4) is 0 Å². The number of thioether (sulfide) groups is 1. The molecule has 0 aliphatic rings. The predicted molar refractivity (Wildman–Crippen MR) is 50.6 cm³/mol. The summed E-state index contributed by atoms with van der Waals surface area (Å²) in [6.07, 6.45) is 0. The van der Waals surface area contributed by atoms with Gasteiger partial charge < -0.3 is 5.73 Å². The molecule has 0 aliphatic heterocycles. The molecule has 0 spiro atoms. The second-order valence-electron chi connectivity index (χ2n) is 3.02. The van der Waals surface area contributed by atoms with Gasteiger partial charge in [0, 0.05) is 4.90 Å². The first-order valence-electron chi connectivity index (χ1n) is 3.61. The third kappa shape index (κ3) is 3.44. The van der Waals surface area contributed by atoms with Crippen LogP contribution >= 0.6 is 11.8 Å². The molecule has 0 saturated heterocycles. The van der Waals surface area contributed by atoms with Crippen LogP contribution in [0.25, 0.3) is 0 Å². The van der Waals surface area contributed by atoms with Crippen molar-refractivity contribution in [2.45, 2.75) is 23.6 Å². The van der Waals surface area contributed by atoms with E-state index in [1.807, 2.05) is 32.0 Å². The molecule has 0 saturated carbocycles. The fourth-order valence-electron chi connectivity index (χ4n) is 0.792. The van der Waals surface area contributed by atoms with Crippen molar-refractivity contribution in [1.82, 2.24) is 0 Å². The summed E-state index contributed by atoms with van der Waals surface area (Å²) in [7, 11) is 0. The molecule has 1 aromatic carbocycles. The Morgan fingerprint density at radius 1 is 1.18 bits per heavy atom. The minimum atomic E-state index is -0.179. The molecule has 0 aromatic heterocycles. The minimum absolute atomic E-state index is 0.179. The van der Waals surface area contributed by atoms with Crippen LogP contribution in [0.2, 0.25) is 0 Å². The summed E-state index contributed by atoms with van der Waals surface area (Å²) in [4.78, 5) is 1.04. The van der Waals surface area contributed by atoms with Gasteiger partial charge in [-0.3, -0.25) is 0 Å². The van der Waals surface area contributed by atoms with Crippen molar-refractivity contribution in [1.29, 1.82) is 0 Å². The van der Waals surface area contributed by atoms with Crippen molar-refractivity contribution in [3.05, 3.63) is 30.3 Å². The van der Waals surface area contributed by atoms with Gasteiger partial charge in [-0.1, -0.05) is 18.2 Å². The molecule has 0 fully saturated rings. The highest BCUT2D eigenvalue weighted by atomic mass is 32.2. The first-order chi connectivity index (χ1) is 5.08. The number of rotatable bonds is 2. The van der Waals surface area contributed by atoms with Gasteiger partial charge in [0.25, 0.3) is 0 Å². The van der Waals surface area contributed by atoms with Crippen molar-refractivity contribution in [2.24, 2.45) is 5.73 Å². The smallest absolute Gasteiger partial charge is 0.0609 e. The van der Waals surface area contributed by atoms with Crippen molar-refractivity contribution in [3.63, 3.8) is 0 Å². The lowest BCUT2D eigenvalue weighted by atomic mass is 10.4. The summed E-state index contributed by atoms with van der Waals surface area (Å²) >= 11 is 1.68. The van der Waals surface area contributed by atoms with Crippen LogP contribution in [0.5, 0.6) is 0 Å². The molecule has 11 heavy (non-hydrogen) atoms. The molecule has 0 unspecified atom stereocenters. The highest BCUT2D eigenvalue weighted by Crippen LogP contribution is 2.27. The quantitative estimate of drug-likeness (QED) is 0.541. The van der Waals surface area contributed by atoms with E-state index in [4.69, 9.17) is 5.73 Å². The highest BCUT2D eigenvalue weighted by molar-refractivity contribution is 8.00. The topological polar surface area (TPSA) is 26.0 Å². The van der Waals surface area contributed by atoms with Crippen LogP contribution in [0.3, 0.4) is 0 Å². The lowest BCUT2D eigenvalue weighted by Gasteiger charge is -2.17. The van der Waals surface area contributed by atoms with Gasteiger partial charge in [0.2, 0.25) is 0 Å². The zero-order valence-corrected chi connectivity index (χ0v) is 7.69. The zero-order chi connectivity index (χ0) is 8.32. The monoisotopic (exact) mass is 167 g/mol. The van der Waals surface area contributed by atoms with E-state index < -0.39 is 0 Å². The van der Waals surface area contributed by atoms with E-state index in [2.05, 4.69) is 12.1 Å². The van der Waals surface area contributed by atoms with Crippen molar-refractivity contribution < 1.29 is 0 Å². The van der Waals surface area contributed by atoms with E-state index in [1.54, 1.807) is 11.8 Å². The van der Waals surface area contributed by atoms with Gasteiger partial charge in [0.15, 0.2) is 0 Å². The van der Waals surface area contributed by atoms with Gasteiger partial charge in [-0.05, 0) is 26.0 Å². The molecule has 1 rings (SSSR count). The molecule has 0 amide bonds. The Hall–Kier alpha value is -0.470. The molecule has 2 N–H and O–H groups in total. The maximum Gasteiger partial charge on any atom is 0.0609 e. The first kappa shape index (κ1) is 8.62. The lowest BCUT2D eigenvalue weighted by molar-refractivity contribution is 0.758. The number of benzene rings is 1. The Balaban J connectivity index is 2.66. The van der Waals surface area contributed by atoms with Crippen LogP contribution in [0, 0.1) is 0 Å². The third-order valence-corrected chi connectivity index (χ3v) is 2.16. The van der Waals surface area contributed by atoms with Crippen molar-refractivity contribution >= 4 is 11.8 Å². The Labute approximate surface area is 72.0 Å². The van der Waals surface area contributed by atoms with Gasteiger partial charge in [-0.25, -0.2) is 0 Å². The van der Waals surface area contributed by atoms with Gasteiger partial charge in [0.1, 0.15) is 0 Å². The largest absolute Gasteiger partial charge is 0.317 e. The Morgan fingerprint density at radius 2 is 1.73 bits per heavy atom. The molecule has 2 heteroatoms. The third-order valence-electron chi connectivity index (χ3n) is 1.12. The molecule has 0 aliphatic carbocycles. The predicted octanol–water partition coefficient (Wildman–Crippen LogP) is 2.47. The summed E-state index contributed by atoms with van der Waals surface area (Å²) in [6.45, 7) is 4.01. The van der Waals surface area contributed by atoms with Crippen LogP contribution in [0.1, 0.15) is 13.8 Å². The molecule has 1 nitrogen and oxygen atoms in total. The van der Waals surface area contributed by atoms with Crippen molar-refractivity contribution in [2.75, 3.05) is 0 Å². The maximum atomic E-state index is 5.83. The van der Waals surface area contributed by atoms with Gasteiger partial charge in [-0.2, -0.15) is 0 Å². The van der Waals surface area contributed by atoms with Gasteiger partial charge in [-0.15, -0.1) is 11.8 Å². The Kier molecular flexibility index (Phi) is 2.58. The second kappa shape index (κ2) is 3.28. The van der Waals surface area contributed by atoms with E-state index in [0.29, 0.717) is 0 Å². The van der Waals surface area contributed by atoms with Crippen LogP contribution in [-0.4, -0.2) is 4.87 Å². The SMILES string of the molecule is CC(C)(N)Sc1ccccc1. The van der Waals surface area contributed by atoms with Gasteiger partial charge >= 0.3 is 0 Å². The number of nitrogens with two attached hydrogens (primary N) is 1. The van der Waals surface area contributed by atoms with Crippen LogP contribution in [-0.2, 0) is 0 Å². The number of hydrogen-bond donors (Lipinski definition) is 1. The molecule has 0 atom stereocenters. The van der Waals surface area contributed by atoms with E-state index in [0.717, 1.165) is 0 Å². The van der Waals surface area contributed by atoms with E-state index >= 15 is 0 Å². The van der Waals surface area contributed by atoms with Crippen LogP contribution in [0.15, 0.2) is 35.2 Å². The van der Waals surface area contributed by atoms with Crippen LogP contribution < -0.4 is 5.73 Å². The lowest BCUT2D eigenvalue weighted by Crippen LogP contribution is -2.26. The fourth-order valence-corrected chi connectivity index (χ4v) is 1.69. The van der Waals surface area contributed by atoms with E-state index in [9.17, 15) is 0 Å². The number of hydrogen-bond acceptors (Lipinski definition) is 2. The van der Waals surface area contributed by atoms with Crippen LogP contribution in [0.4, 0.5) is 0 Å². The molecule has 60 valence electrons. The average Bonchev–Trinajstić information content (AvgIpc) is 1.85. The van der Waals surface area contributed by atoms with Gasteiger partial charge in [0.05, 0.1) is 4.87 Å². The fraction of sp³-hybridized carbons (Fsp3) is 0.333. The molecule has 0 bridgehead atoms. The van der Waals surface area contributed by atoms with E-state index in [1.165, 1.54) is 4.90 Å². The summed E-state index contributed by atoms with van der Waals surface area (Å²) in [5, 5.41) is 0. The minimum Gasteiger partial charge on any atom is -0.317 e. The van der Waals surface area contributed by atoms with E-state index in [-0.39, 0.29) is 4.87 Å². The Bertz CT molecular complexity index is 213. The summed E-state index contributed by atoms with van der Waals surface area (Å²) in [6, 6.07) is 10.2.